The molecule has 0 saturated heterocycles. The van der Waals surface area contributed by atoms with Gasteiger partial charge in [0.25, 0.3) is 0 Å². The summed E-state index contributed by atoms with van der Waals surface area (Å²) in [4.78, 5) is -0.632. The van der Waals surface area contributed by atoms with Gasteiger partial charge in [-0.3, -0.25) is 0 Å². The van der Waals surface area contributed by atoms with Gasteiger partial charge in [-0.25, -0.2) is 8.42 Å². The number of alkyl halides is 5. The molecule has 20 heavy (non-hydrogen) atoms. The summed E-state index contributed by atoms with van der Waals surface area (Å²) in [5.41, 5.74) is -4.54. The maximum absolute atomic E-state index is 12.5. The SMILES string of the molecule is O=S(=O)(c1ccccc1NCCSC(F)(F)F)C(F)F. The van der Waals surface area contributed by atoms with E-state index in [0.29, 0.717) is 0 Å². The van der Waals surface area contributed by atoms with Gasteiger partial charge in [0.1, 0.15) is 0 Å². The van der Waals surface area contributed by atoms with E-state index < -0.39 is 26.0 Å². The van der Waals surface area contributed by atoms with Crippen molar-refractivity contribution in [3.63, 3.8) is 0 Å². The molecule has 1 N–H and O–H groups in total. The van der Waals surface area contributed by atoms with Crippen LogP contribution in [0.3, 0.4) is 0 Å². The molecule has 0 heterocycles. The molecule has 0 aliphatic heterocycles. The van der Waals surface area contributed by atoms with Crippen molar-refractivity contribution in [2.24, 2.45) is 0 Å². The number of rotatable bonds is 6. The van der Waals surface area contributed by atoms with Gasteiger partial charge in [-0.2, -0.15) is 22.0 Å². The lowest BCUT2D eigenvalue weighted by atomic mass is 10.3. The van der Waals surface area contributed by atoms with Gasteiger partial charge in [-0.05, 0) is 23.9 Å². The highest BCUT2D eigenvalue weighted by atomic mass is 32.2. The van der Waals surface area contributed by atoms with E-state index in [1.54, 1.807) is 0 Å². The minimum Gasteiger partial charge on any atom is -0.383 e. The molecule has 1 aromatic rings. The lowest BCUT2D eigenvalue weighted by molar-refractivity contribution is -0.0327. The quantitative estimate of drug-likeness (QED) is 0.640. The highest BCUT2D eigenvalue weighted by molar-refractivity contribution is 8.00. The second kappa shape index (κ2) is 6.61. The van der Waals surface area contributed by atoms with Crippen LogP contribution in [-0.4, -0.2) is 32.0 Å². The third-order valence-corrected chi connectivity index (χ3v) is 4.29. The molecule has 0 radical (unpaired) electrons. The number of hydrogen-bond donors (Lipinski definition) is 1. The van der Waals surface area contributed by atoms with Gasteiger partial charge in [-0.15, -0.1) is 0 Å². The lowest BCUT2D eigenvalue weighted by Crippen LogP contribution is -2.16. The Labute approximate surface area is 116 Å². The zero-order valence-electron chi connectivity index (χ0n) is 9.82. The highest BCUT2D eigenvalue weighted by Gasteiger charge is 2.29. The van der Waals surface area contributed by atoms with E-state index >= 15 is 0 Å². The summed E-state index contributed by atoms with van der Waals surface area (Å²) in [6.07, 6.45) is 0. The van der Waals surface area contributed by atoms with Crippen molar-refractivity contribution in [3.05, 3.63) is 24.3 Å². The molecule has 0 saturated carbocycles. The number of hydrogen-bond acceptors (Lipinski definition) is 4. The van der Waals surface area contributed by atoms with Crippen LogP contribution in [0.2, 0.25) is 0 Å². The summed E-state index contributed by atoms with van der Waals surface area (Å²) in [7, 11) is -4.80. The first-order valence-electron chi connectivity index (χ1n) is 5.20. The first-order valence-corrected chi connectivity index (χ1v) is 7.73. The van der Waals surface area contributed by atoms with Crippen molar-refractivity contribution in [1.82, 2.24) is 0 Å². The summed E-state index contributed by atoms with van der Waals surface area (Å²) >= 11 is -0.288. The Kier molecular flexibility index (Phi) is 5.63. The Morgan fingerprint density at radius 2 is 1.80 bits per heavy atom. The van der Waals surface area contributed by atoms with Gasteiger partial charge >= 0.3 is 11.3 Å². The molecule has 0 amide bonds. The minimum absolute atomic E-state index is 0.143. The van der Waals surface area contributed by atoms with Crippen LogP contribution < -0.4 is 5.32 Å². The Hall–Kier alpha value is -1.03. The maximum Gasteiger partial charge on any atom is 0.441 e. The average molecular weight is 335 g/mol. The number of anilines is 1. The fourth-order valence-electron chi connectivity index (χ4n) is 1.31. The van der Waals surface area contributed by atoms with Crippen LogP contribution in [0.15, 0.2) is 29.2 Å². The van der Waals surface area contributed by atoms with Crippen LogP contribution in [-0.2, 0) is 9.84 Å². The molecule has 0 spiro atoms. The molecule has 0 unspecified atom stereocenters. The molecule has 3 nitrogen and oxygen atoms in total. The van der Waals surface area contributed by atoms with Gasteiger partial charge in [0.2, 0.25) is 9.84 Å². The van der Waals surface area contributed by atoms with Crippen LogP contribution in [0.1, 0.15) is 0 Å². The third kappa shape index (κ3) is 4.82. The van der Waals surface area contributed by atoms with Crippen LogP contribution in [0.5, 0.6) is 0 Å². The van der Waals surface area contributed by atoms with Crippen molar-refractivity contribution in [2.45, 2.75) is 16.2 Å². The molecule has 114 valence electrons. The Morgan fingerprint density at radius 3 is 2.35 bits per heavy atom. The fraction of sp³-hybridized carbons (Fsp3) is 0.400. The van der Waals surface area contributed by atoms with E-state index in [1.165, 1.54) is 18.2 Å². The predicted octanol–water partition coefficient (Wildman–Crippen LogP) is 3.35. The van der Waals surface area contributed by atoms with Crippen LogP contribution in [0.4, 0.5) is 27.6 Å². The number of benzene rings is 1. The maximum atomic E-state index is 12.5. The third-order valence-electron chi connectivity index (χ3n) is 2.11. The Bertz CT molecular complexity index is 545. The largest absolute Gasteiger partial charge is 0.441 e. The van der Waals surface area contributed by atoms with Gasteiger partial charge in [0.15, 0.2) is 0 Å². The Balaban J connectivity index is 2.78. The summed E-state index contributed by atoms with van der Waals surface area (Å²) < 4.78 is 83.3. The van der Waals surface area contributed by atoms with Crippen molar-refractivity contribution in [2.75, 3.05) is 17.6 Å². The molecule has 0 atom stereocenters. The van der Waals surface area contributed by atoms with E-state index in [-0.39, 0.29) is 29.7 Å². The van der Waals surface area contributed by atoms with Crippen LogP contribution in [0, 0.1) is 0 Å². The summed E-state index contributed by atoms with van der Waals surface area (Å²) in [6.45, 7) is -0.208. The zero-order chi connectivity index (χ0) is 15.4. The smallest absolute Gasteiger partial charge is 0.383 e. The highest BCUT2D eigenvalue weighted by Crippen LogP contribution is 2.30. The van der Waals surface area contributed by atoms with Crippen LogP contribution in [0.25, 0.3) is 0 Å². The number of thioether (sulfide) groups is 1. The molecular weight excluding hydrogens is 325 g/mol. The molecule has 0 aliphatic rings. The molecule has 1 rings (SSSR count). The molecular formula is C10H10F5NO2S2. The molecule has 0 aliphatic carbocycles. The van der Waals surface area contributed by atoms with E-state index in [9.17, 15) is 30.4 Å². The van der Waals surface area contributed by atoms with E-state index in [4.69, 9.17) is 0 Å². The molecule has 0 fully saturated rings. The van der Waals surface area contributed by atoms with Gasteiger partial charge in [0.05, 0.1) is 10.6 Å². The van der Waals surface area contributed by atoms with E-state index in [1.807, 2.05) is 0 Å². The second-order valence-corrected chi connectivity index (χ2v) is 6.57. The lowest BCUT2D eigenvalue weighted by Gasteiger charge is -2.12. The number of halogens is 5. The first-order chi connectivity index (χ1) is 9.14. The minimum atomic E-state index is -4.80. The second-order valence-electron chi connectivity index (χ2n) is 3.52. The summed E-state index contributed by atoms with van der Waals surface area (Å²) in [6, 6.07) is 4.84. The first kappa shape index (κ1) is 17.0. The van der Waals surface area contributed by atoms with E-state index in [2.05, 4.69) is 5.32 Å². The fourth-order valence-corrected chi connectivity index (χ4v) is 2.65. The normalized spacial score (nSPS) is 12.7. The number of nitrogens with one attached hydrogen (secondary N) is 1. The van der Waals surface area contributed by atoms with Gasteiger partial charge in [-0.1, -0.05) is 12.1 Å². The topological polar surface area (TPSA) is 46.2 Å². The predicted molar refractivity (Wildman–Crippen MR) is 66.6 cm³/mol. The molecule has 1 aromatic carbocycles. The van der Waals surface area contributed by atoms with Crippen molar-refractivity contribution < 1.29 is 30.4 Å². The van der Waals surface area contributed by atoms with Crippen molar-refractivity contribution >= 4 is 27.3 Å². The van der Waals surface area contributed by atoms with Crippen molar-refractivity contribution in [3.8, 4) is 0 Å². The average Bonchev–Trinajstić information content (AvgIpc) is 2.33. The number of para-hydroxylation sites is 1. The number of sulfone groups is 1. The Morgan fingerprint density at radius 1 is 1.20 bits per heavy atom. The van der Waals surface area contributed by atoms with Crippen molar-refractivity contribution in [1.29, 1.82) is 0 Å². The zero-order valence-corrected chi connectivity index (χ0v) is 11.5. The summed E-state index contributed by atoms with van der Waals surface area (Å²) in [5, 5.41) is 2.41. The van der Waals surface area contributed by atoms with E-state index in [0.717, 1.165) is 6.07 Å². The molecule has 0 aromatic heterocycles. The van der Waals surface area contributed by atoms with Gasteiger partial charge in [0, 0.05) is 12.3 Å². The molecule has 10 heteroatoms. The molecule has 0 bridgehead atoms. The van der Waals surface area contributed by atoms with Gasteiger partial charge < -0.3 is 5.32 Å². The standard InChI is InChI=1S/C10H10F5NO2S2/c11-9(12)20(17,18)8-4-2-1-3-7(8)16-5-6-19-10(13,14)15/h1-4,9,16H,5-6H2. The summed E-state index contributed by atoms with van der Waals surface area (Å²) in [5.74, 6) is -3.96. The monoisotopic (exact) mass is 335 g/mol. The van der Waals surface area contributed by atoms with Crippen LogP contribution >= 0.6 is 11.8 Å².